The lowest BCUT2D eigenvalue weighted by atomic mass is 10.1. The van der Waals surface area contributed by atoms with Crippen LogP contribution in [0.15, 0.2) is 48.5 Å². The van der Waals surface area contributed by atoms with Crippen LogP contribution >= 0.6 is 0 Å². The predicted octanol–water partition coefficient (Wildman–Crippen LogP) is 3.68. The Morgan fingerprint density at radius 2 is 1.55 bits per heavy atom. The summed E-state index contributed by atoms with van der Waals surface area (Å²) in [6.45, 7) is 8.74. The first-order valence-electron chi connectivity index (χ1n) is 10.5. The maximum absolute atomic E-state index is 12.9. The largest absolute Gasteiger partial charge is 0.497 e. The summed E-state index contributed by atoms with van der Waals surface area (Å²) in [5.74, 6) is 0.864. The highest BCUT2D eigenvalue weighted by Crippen LogP contribution is 2.21. The quantitative estimate of drug-likeness (QED) is 0.791. The van der Waals surface area contributed by atoms with Crippen molar-refractivity contribution in [3.63, 3.8) is 0 Å². The molecular weight excluding hydrogens is 394 g/mol. The number of nitrogens with zero attached hydrogens (tertiary/aromatic N) is 2. The number of piperazine rings is 1. The average molecular weight is 426 g/mol. The third-order valence-corrected chi connectivity index (χ3v) is 5.04. The molecule has 0 atom stereocenters. The number of carbonyl (C=O) groups is 2. The smallest absolute Gasteiger partial charge is 0.407 e. The van der Waals surface area contributed by atoms with E-state index in [1.807, 2.05) is 74.2 Å². The summed E-state index contributed by atoms with van der Waals surface area (Å²) in [7, 11) is 1.66. The van der Waals surface area contributed by atoms with Gasteiger partial charge in [-0.1, -0.05) is 12.1 Å². The van der Waals surface area contributed by atoms with Crippen molar-refractivity contribution in [3.8, 4) is 5.75 Å². The molecule has 7 heteroatoms. The molecule has 0 unspecified atom stereocenters. The monoisotopic (exact) mass is 425 g/mol. The normalized spacial score (nSPS) is 14.2. The maximum Gasteiger partial charge on any atom is 0.407 e. The van der Waals surface area contributed by atoms with Gasteiger partial charge in [0.2, 0.25) is 0 Å². The molecule has 0 spiro atoms. The van der Waals surface area contributed by atoms with Crippen LogP contribution in [0, 0.1) is 0 Å². The minimum Gasteiger partial charge on any atom is -0.497 e. The fourth-order valence-corrected chi connectivity index (χ4v) is 3.40. The van der Waals surface area contributed by atoms with Crippen molar-refractivity contribution in [2.24, 2.45) is 0 Å². The Bertz CT molecular complexity index is 881. The Balaban J connectivity index is 1.49. The van der Waals surface area contributed by atoms with E-state index in [-0.39, 0.29) is 5.91 Å². The molecule has 2 aromatic carbocycles. The van der Waals surface area contributed by atoms with E-state index in [0.29, 0.717) is 25.2 Å². The lowest BCUT2D eigenvalue weighted by Crippen LogP contribution is -2.48. The van der Waals surface area contributed by atoms with E-state index < -0.39 is 11.7 Å². The summed E-state index contributed by atoms with van der Waals surface area (Å²) in [4.78, 5) is 28.8. The van der Waals surface area contributed by atoms with Gasteiger partial charge >= 0.3 is 6.09 Å². The van der Waals surface area contributed by atoms with Crippen molar-refractivity contribution in [1.29, 1.82) is 0 Å². The van der Waals surface area contributed by atoms with Crippen molar-refractivity contribution in [2.45, 2.75) is 32.9 Å². The van der Waals surface area contributed by atoms with Crippen LogP contribution in [0.3, 0.4) is 0 Å². The summed E-state index contributed by atoms with van der Waals surface area (Å²) in [6.07, 6.45) is -0.456. The van der Waals surface area contributed by atoms with Gasteiger partial charge in [-0.05, 0) is 62.7 Å². The van der Waals surface area contributed by atoms with Crippen molar-refractivity contribution in [2.75, 3.05) is 38.2 Å². The molecule has 0 aromatic heterocycles. The zero-order valence-corrected chi connectivity index (χ0v) is 18.7. The molecule has 1 aliphatic rings. The van der Waals surface area contributed by atoms with Gasteiger partial charge in [-0.15, -0.1) is 0 Å². The summed E-state index contributed by atoms with van der Waals surface area (Å²) in [6, 6.07) is 15.3. The van der Waals surface area contributed by atoms with E-state index in [2.05, 4.69) is 10.2 Å². The zero-order valence-electron chi connectivity index (χ0n) is 18.7. The topological polar surface area (TPSA) is 71.1 Å². The van der Waals surface area contributed by atoms with Crippen LogP contribution in [-0.2, 0) is 11.3 Å². The molecule has 166 valence electrons. The van der Waals surface area contributed by atoms with Crippen LogP contribution in [-0.4, -0.2) is 55.8 Å². The number of anilines is 1. The van der Waals surface area contributed by atoms with Gasteiger partial charge < -0.3 is 24.6 Å². The Hall–Kier alpha value is -3.22. The van der Waals surface area contributed by atoms with Crippen LogP contribution < -0.4 is 15.0 Å². The molecule has 3 rings (SSSR count). The van der Waals surface area contributed by atoms with E-state index in [9.17, 15) is 9.59 Å². The molecular formula is C24H31N3O4. The third-order valence-electron chi connectivity index (χ3n) is 5.04. The molecule has 31 heavy (non-hydrogen) atoms. The Labute approximate surface area is 183 Å². The number of amides is 2. The first-order chi connectivity index (χ1) is 14.7. The van der Waals surface area contributed by atoms with E-state index in [0.717, 1.165) is 30.1 Å². The Kier molecular flexibility index (Phi) is 7.05. The lowest BCUT2D eigenvalue weighted by Gasteiger charge is -2.36. The first kappa shape index (κ1) is 22.5. The second-order valence-electron chi connectivity index (χ2n) is 8.53. The SMILES string of the molecule is COc1ccc(N2CCN(C(=O)c3ccc(CNC(=O)OC(C)(C)C)cc3)CC2)cc1. The highest BCUT2D eigenvalue weighted by atomic mass is 16.6. The zero-order chi connectivity index (χ0) is 22.4. The molecule has 2 amide bonds. The number of carbonyl (C=O) groups excluding carboxylic acids is 2. The Morgan fingerprint density at radius 1 is 0.935 bits per heavy atom. The average Bonchev–Trinajstić information content (AvgIpc) is 2.76. The number of methoxy groups -OCH3 is 1. The number of hydrogen-bond donors (Lipinski definition) is 1. The molecule has 7 nitrogen and oxygen atoms in total. The molecule has 0 radical (unpaired) electrons. The number of hydrogen-bond acceptors (Lipinski definition) is 5. The maximum atomic E-state index is 12.9. The lowest BCUT2D eigenvalue weighted by molar-refractivity contribution is 0.0523. The molecule has 1 aliphatic heterocycles. The molecule has 0 bridgehead atoms. The van der Waals surface area contributed by atoms with Crippen LogP contribution in [0.1, 0.15) is 36.7 Å². The van der Waals surface area contributed by atoms with Crippen molar-refractivity contribution >= 4 is 17.7 Å². The standard InChI is InChI=1S/C24H31N3O4/c1-24(2,3)31-23(29)25-17-18-5-7-19(8-6-18)22(28)27-15-13-26(14-16-27)20-9-11-21(30-4)12-10-20/h5-12H,13-17H2,1-4H3,(H,25,29). The van der Waals surface area contributed by atoms with Gasteiger partial charge in [0, 0.05) is 44.0 Å². The second kappa shape index (κ2) is 9.73. The minimum atomic E-state index is -0.530. The van der Waals surface area contributed by atoms with Gasteiger partial charge in [-0.25, -0.2) is 4.79 Å². The highest BCUT2D eigenvalue weighted by molar-refractivity contribution is 5.94. The number of ether oxygens (including phenoxy) is 2. The van der Waals surface area contributed by atoms with Gasteiger partial charge in [-0.2, -0.15) is 0 Å². The van der Waals surface area contributed by atoms with E-state index in [1.54, 1.807) is 7.11 Å². The van der Waals surface area contributed by atoms with Gasteiger partial charge in [0.05, 0.1) is 7.11 Å². The van der Waals surface area contributed by atoms with Crippen molar-refractivity contribution < 1.29 is 19.1 Å². The summed E-state index contributed by atoms with van der Waals surface area (Å²) in [5, 5.41) is 2.73. The molecule has 1 N–H and O–H groups in total. The third kappa shape index (κ3) is 6.38. The van der Waals surface area contributed by atoms with Crippen LogP contribution in [0.5, 0.6) is 5.75 Å². The fraction of sp³-hybridized carbons (Fsp3) is 0.417. The van der Waals surface area contributed by atoms with Gasteiger partial charge in [-0.3, -0.25) is 4.79 Å². The van der Waals surface area contributed by atoms with E-state index >= 15 is 0 Å². The second-order valence-corrected chi connectivity index (χ2v) is 8.53. The molecule has 0 aliphatic carbocycles. The predicted molar refractivity (Wildman–Crippen MR) is 121 cm³/mol. The van der Waals surface area contributed by atoms with E-state index in [4.69, 9.17) is 9.47 Å². The molecule has 1 saturated heterocycles. The molecule has 1 heterocycles. The van der Waals surface area contributed by atoms with E-state index in [1.165, 1.54) is 0 Å². The summed E-state index contributed by atoms with van der Waals surface area (Å²) < 4.78 is 10.4. The fourth-order valence-electron chi connectivity index (χ4n) is 3.40. The van der Waals surface area contributed by atoms with Crippen LogP contribution in [0.25, 0.3) is 0 Å². The number of alkyl carbamates (subject to hydrolysis) is 1. The van der Waals surface area contributed by atoms with Gasteiger partial charge in [0.15, 0.2) is 0 Å². The molecule has 0 saturated carbocycles. The first-order valence-corrected chi connectivity index (χ1v) is 10.5. The minimum absolute atomic E-state index is 0.0287. The number of benzene rings is 2. The van der Waals surface area contributed by atoms with Crippen molar-refractivity contribution in [3.05, 3.63) is 59.7 Å². The van der Waals surface area contributed by atoms with Crippen LogP contribution in [0.2, 0.25) is 0 Å². The molecule has 1 fully saturated rings. The van der Waals surface area contributed by atoms with Gasteiger partial charge in [0.25, 0.3) is 5.91 Å². The van der Waals surface area contributed by atoms with Crippen LogP contribution in [0.4, 0.5) is 10.5 Å². The number of rotatable bonds is 5. The summed E-state index contributed by atoms with van der Waals surface area (Å²) >= 11 is 0. The van der Waals surface area contributed by atoms with Gasteiger partial charge in [0.1, 0.15) is 11.4 Å². The Morgan fingerprint density at radius 3 is 2.10 bits per heavy atom. The van der Waals surface area contributed by atoms with Crippen molar-refractivity contribution in [1.82, 2.24) is 10.2 Å². The highest BCUT2D eigenvalue weighted by Gasteiger charge is 2.22. The number of nitrogens with one attached hydrogen (secondary N) is 1. The summed E-state index contributed by atoms with van der Waals surface area (Å²) in [5.41, 5.74) is 2.16. The molecule has 2 aromatic rings.